The van der Waals surface area contributed by atoms with Crippen molar-refractivity contribution in [3.05, 3.63) is 45.8 Å². The number of nitrogens with one attached hydrogen (secondary N) is 1. The quantitative estimate of drug-likeness (QED) is 0.853. The van der Waals surface area contributed by atoms with Crippen LogP contribution in [0.4, 0.5) is 0 Å². The molecule has 0 saturated carbocycles. The Morgan fingerprint density at radius 3 is 2.70 bits per heavy atom. The zero-order valence-electron chi connectivity index (χ0n) is 11.1. The van der Waals surface area contributed by atoms with Crippen LogP contribution in [0.5, 0.6) is 0 Å². The average molecular weight is 305 g/mol. The Balaban J connectivity index is 1.84. The fourth-order valence-electron chi connectivity index (χ4n) is 2.18. The van der Waals surface area contributed by atoms with Crippen molar-refractivity contribution in [3.63, 3.8) is 0 Å². The van der Waals surface area contributed by atoms with Crippen molar-refractivity contribution in [2.75, 3.05) is 19.3 Å². The predicted octanol–water partition coefficient (Wildman–Crippen LogP) is 2.54. The molecule has 0 bridgehead atoms. The Kier molecular flexibility index (Phi) is 3.76. The summed E-state index contributed by atoms with van der Waals surface area (Å²) in [6.45, 7) is 1.43. The van der Waals surface area contributed by atoms with Gasteiger partial charge in [0.1, 0.15) is 4.91 Å². The minimum absolute atomic E-state index is 0.0416. The smallest absolute Gasteiger partial charge is 0.269 e. The van der Waals surface area contributed by atoms with Crippen LogP contribution in [0.2, 0.25) is 0 Å². The number of benzene rings is 1. The third-order valence-corrected chi connectivity index (χ3v) is 5.56. The molecule has 0 aliphatic carbocycles. The Hall–Kier alpha value is -1.40. The molecule has 1 N–H and O–H groups in total. The molecule has 0 unspecified atom stereocenters. The topological polar surface area (TPSA) is 47.4 Å². The molecule has 0 spiro atoms. The van der Waals surface area contributed by atoms with Gasteiger partial charge in [0.25, 0.3) is 5.91 Å². The van der Waals surface area contributed by atoms with Gasteiger partial charge in [-0.2, -0.15) is 0 Å². The van der Waals surface area contributed by atoms with Gasteiger partial charge in [0, 0.05) is 19.3 Å². The van der Waals surface area contributed by atoms with E-state index in [1.807, 2.05) is 37.4 Å². The monoisotopic (exact) mass is 305 g/mol. The van der Waals surface area contributed by atoms with E-state index in [0.29, 0.717) is 16.6 Å². The molecule has 2 aliphatic heterocycles. The van der Waals surface area contributed by atoms with Crippen LogP contribution in [-0.4, -0.2) is 40.2 Å². The third kappa shape index (κ3) is 2.45. The van der Waals surface area contributed by atoms with Crippen LogP contribution < -0.4 is 0 Å². The van der Waals surface area contributed by atoms with Gasteiger partial charge in [0.05, 0.1) is 11.6 Å². The van der Waals surface area contributed by atoms with Crippen LogP contribution in [0.15, 0.2) is 40.3 Å². The molecule has 0 atom stereocenters. The summed E-state index contributed by atoms with van der Waals surface area (Å²) in [5.74, 6) is 0.968. The molecule has 3 rings (SSSR count). The average Bonchev–Trinajstić information content (AvgIpc) is 2.98. The molecular weight excluding hydrogens is 290 g/mol. The molecule has 6 heteroatoms. The van der Waals surface area contributed by atoms with E-state index < -0.39 is 0 Å². The number of amidine groups is 1. The van der Waals surface area contributed by atoms with Gasteiger partial charge in [0.15, 0.2) is 5.17 Å². The van der Waals surface area contributed by atoms with E-state index in [4.69, 9.17) is 5.41 Å². The van der Waals surface area contributed by atoms with Gasteiger partial charge in [0.2, 0.25) is 0 Å². The molecule has 4 nitrogen and oxygen atoms in total. The highest BCUT2D eigenvalue weighted by atomic mass is 32.2. The molecule has 1 aromatic carbocycles. The number of amides is 1. The highest BCUT2D eigenvalue weighted by molar-refractivity contribution is 8.19. The number of carbonyl (C=O) groups excluding carboxylic acids is 1. The first-order valence-corrected chi connectivity index (χ1v) is 8.17. The Labute approximate surface area is 126 Å². The van der Waals surface area contributed by atoms with E-state index in [1.54, 1.807) is 16.7 Å². The first-order chi connectivity index (χ1) is 9.66. The maximum Gasteiger partial charge on any atom is 0.269 e. The van der Waals surface area contributed by atoms with Gasteiger partial charge in [-0.05, 0) is 17.3 Å². The third-order valence-electron chi connectivity index (χ3n) is 3.27. The van der Waals surface area contributed by atoms with Crippen molar-refractivity contribution in [3.8, 4) is 0 Å². The lowest BCUT2D eigenvalue weighted by molar-refractivity contribution is -0.122. The molecule has 2 fully saturated rings. The van der Waals surface area contributed by atoms with Gasteiger partial charge in [-0.3, -0.25) is 15.1 Å². The standard InChI is InChI=1S/C14H15N3OS2/c1-16-7-8-19-13(16)11-12(18)17(14(15)20-11)9-10-5-3-2-4-6-10/h2-6,15H,7-9H2,1H3/b13-11-,15-14?. The van der Waals surface area contributed by atoms with Gasteiger partial charge in [-0.25, -0.2) is 0 Å². The summed E-state index contributed by atoms with van der Waals surface area (Å²) >= 11 is 2.98. The molecule has 0 radical (unpaired) electrons. The summed E-state index contributed by atoms with van der Waals surface area (Å²) in [5.41, 5.74) is 1.05. The number of carbonyl (C=O) groups is 1. The summed E-state index contributed by atoms with van der Waals surface area (Å²) in [6, 6.07) is 9.81. The number of thioether (sulfide) groups is 2. The van der Waals surface area contributed by atoms with Crippen molar-refractivity contribution in [2.24, 2.45) is 0 Å². The summed E-state index contributed by atoms with van der Waals surface area (Å²) in [5, 5.41) is 9.39. The summed E-state index contributed by atoms with van der Waals surface area (Å²) < 4.78 is 0. The van der Waals surface area contributed by atoms with Crippen LogP contribution >= 0.6 is 23.5 Å². The predicted molar refractivity (Wildman–Crippen MR) is 84.4 cm³/mol. The molecule has 2 saturated heterocycles. The summed E-state index contributed by atoms with van der Waals surface area (Å²) in [6.07, 6.45) is 0. The van der Waals surface area contributed by atoms with Gasteiger partial charge < -0.3 is 4.90 Å². The molecule has 2 aliphatic rings. The van der Waals surface area contributed by atoms with E-state index >= 15 is 0 Å². The highest BCUT2D eigenvalue weighted by Crippen LogP contribution is 2.40. The highest BCUT2D eigenvalue weighted by Gasteiger charge is 2.36. The van der Waals surface area contributed by atoms with Crippen molar-refractivity contribution >= 4 is 34.6 Å². The first-order valence-electron chi connectivity index (χ1n) is 6.37. The van der Waals surface area contributed by atoms with Crippen LogP contribution in [0.25, 0.3) is 0 Å². The van der Waals surface area contributed by atoms with Gasteiger partial charge in [-0.15, -0.1) is 11.8 Å². The lowest BCUT2D eigenvalue weighted by Crippen LogP contribution is -2.28. The molecular formula is C14H15N3OS2. The van der Waals surface area contributed by atoms with Gasteiger partial charge >= 0.3 is 0 Å². The van der Waals surface area contributed by atoms with Crippen molar-refractivity contribution < 1.29 is 4.79 Å². The minimum Gasteiger partial charge on any atom is -0.368 e. The summed E-state index contributed by atoms with van der Waals surface area (Å²) in [7, 11) is 2.00. The van der Waals surface area contributed by atoms with E-state index in [0.717, 1.165) is 22.9 Å². The van der Waals surface area contributed by atoms with Crippen LogP contribution in [0, 0.1) is 5.41 Å². The number of rotatable bonds is 2. The SMILES string of the molecule is CN1CCS/C1=C1\SC(=N)N(Cc2ccccc2)C1=O. The zero-order chi connectivity index (χ0) is 14.1. The molecule has 20 heavy (non-hydrogen) atoms. The molecule has 104 valence electrons. The lowest BCUT2D eigenvalue weighted by atomic mass is 10.2. The number of hydrogen-bond donors (Lipinski definition) is 1. The van der Waals surface area contributed by atoms with Crippen molar-refractivity contribution in [1.82, 2.24) is 9.80 Å². The second-order valence-electron chi connectivity index (χ2n) is 4.69. The molecule has 1 amide bonds. The minimum atomic E-state index is -0.0416. The Bertz CT molecular complexity index is 585. The maximum absolute atomic E-state index is 12.5. The molecule has 2 heterocycles. The van der Waals surface area contributed by atoms with Crippen molar-refractivity contribution in [2.45, 2.75) is 6.54 Å². The van der Waals surface area contributed by atoms with E-state index in [1.165, 1.54) is 11.8 Å². The zero-order valence-corrected chi connectivity index (χ0v) is 12.8. The fraction of sp³-hybridized carbons (Fsp3) is 0.286. The number of hydrogen-bond acceptors (Lipinski definition) is 5. The number of nitrogens with zero attached hydrogens (tertiary/aromatic N) is 2. The lowest BCUT2D eigenvalue weighted by Gasteiger charge is -2.15. The normalized spacial score (nSPS) is 23.1. The Morgan fingerprint density at radius 2 is 2.05 bits per heavy atom. The second kappa shape index (κ2) is 5.54. The van der Waals surface area contributed by atoms with Gasteiger partial charge in [-0.1, -0.05) is 30.3 Å². The second-order valence-corrected chi connectivity index (χ2v) is 6.77. The van der Waals surface area contributed by atoms with Crippen molar-refractivity contribution in [1.29, 1.82) is 5.41 Å². The van der Waals surface area contributed by atoms with Crippen LogP contribution in [0.1, 0.15) is 5.56 Å². The van der Waals surface area contributed by atoms with Crippen LogP contribution in [-0.2, 0) is 11.3 Å². The molecule has 1 aromatic rings. The maximum atomic E-state index is 12.5. The van der Waals surface area contributed by atoms with Crippen LogP contribution in [0.3, 0.4) is 0 Å². The fourth-order valence-corrected chi connectivity index (χ4v) is 4.47. The molecule has 0 aromatic heterocycles. The first kappa shape index (κ1) is 13.6. The van der Waals surface area contributed by atoms with E-state index in [9.17, 15) is 4.79 Å². The van der Waals surface area contributed by atoms with E-state index in [-0.39, 0.29) is 5.91 Å². The van der Waals surface area contributed by atoms with E-state index in [2.05, 4.69) is 4.90 Å². The summed E-state index contributed by atoms with van der Waals surface area (Å²) in [4.78, 5) is 16.9. The Morgan fingerprint density at radius 1 is 1.30 bits per heavy atom. The largest absolute Gasteiger partial charge is 0.368 e.